The number of amides is 2. The van der Waals surface area contributed by atoms with E-state index < -0.39 is 23.5 Å². The van der Waals surface area contributed by atoms with Crippen LogP contribution in [0.2, 0.25) is 0 Å². The van der Waals surface area contributed by atoms with E-state index in [1.807, 2.05) is 0 Å². The van der Waals surface area contributed by atoms with Crippen LogP contribution >= 0.6 is 11.3 Å². The zero-order valence-electron chi connectivity index (χ0n) is 11.2. The Bertz CT molecular complexity index is 526. The molecule has 0 aliphatic heterocycles. The van der Waals surface area contributed by atoms with Crippen LogP contribution < -0.4 is 10.6 Å². The summed E-state index contributed by atoms with van der Waals surface area (Å²) in [7, 11) is 0. The number of anilines is 1. The highest BCUT2D eigenvalue weighted by Crippen LogP contribution is 2.21. The molecule has 0 saturated carbocycles. The van der Waals surface area contributed by atoms with Crippen LogP contribution in [0.5, 0.6) is 0 Å². The van der Waals surface area contributed by atoms with Gasteiger partial charge in [0.2, 0.25) is 0 Å². The highest BCUT2D eigenvalue weighted by atomic mass is 32.1. The summed E-state index contributed by atoms with van der Waals surface area (Å²) in [5.74, 6) is -1.87. The first kappa shape index (κ1) is 15.9. The molecular formula is C11H15N3O5S. The number of ether oxygens (including phenoxy) is 1. The maximum atomic E-state index is 12.0. The standard InChI is InChI=1S/C11H15N3O5S/c1-4-19-10(18)13-8-6(12-5-20-8)7(15)14-11(2,3)9(16)17/h5H,4H2,1-3H3,(H,13,18)(H,14,15)(H,16,17). The second kappa shape index (κ2) is 6.33. The van der Waals surface area contributed by atoms with E-state index in [1.165, 1.54) is 19.4 Å². The molecule has 0 fully saturated rings. The van der Waals surface area contributed by atoms with Crippen LogP contribution in [0.25, 0.3) is 0 Å². The van der Waals surface area contributed by atoms with Crippen molar-refractivity contribution in [3.05, 3.63) is 11.2 Å². The summed E-state index contributed by atoms with van der Waals surface area (Å²) in [4.78, 5) is 38.0. The van der Waals surface area contributed by atoms with Gasteiger partial charge in [-0.15, -0.1) is 11.3 Å². The van der Waals surface area contributed by atoms with Gasteiger partial charge >= 0.3 is 12.1 Å². The van der Waals surface area contributed by atoms with Crippen molar-refractivity contribution in [1.29, 1.82) is 0 Å². The molecule has 110 valence electrons. The summed E-state index contributed by atoms with van der Waals surface area (Å²) in [6.07, 6.45) is -0.705. The van der Waals surface area contributed by atoms with Gasteiger partial charge in [-0.2, -0.15) is 0 Å². The number of carbonyl (C=O) groups excluding carboxylic acids is 2. The molecule has 1 rings (SSSR count). The number of carboxylic acid groups (broad SMARTS) is 1. The number of thiazole rings is 1. The minimum absolute atomic E-state index is 0.0580. The molecule has 0 saturated heterocycles. The zero-order valence-corrected chi connectivity index (χ0v) is 12.0. The fourth-order valence-electron chi connectivity index (χ4n) is 1.15. The molecule has 0 radical (unpaired) electrons. The van der Waals surface area contributed by atoms with Crippen molar-refractivity contribution in [1.82, 2.24) is 10.3 Å². The van der Waals surface area contributed by atoms with Gasteiger partial charge in [0.15, 0.2) is 5.69 Å². The number of carboxylic acids is 1. The van der Waals surface area contributed by atoms with Crippen molar-refractivity contribution in [2.45, 2.75) is 26.3 Å². The van der Waals surface area contributed by atoms with Crippen LogP contribution in [0.15, 0.2) is 5.51 Å². The highest BCUT2D eigenvalue weighted by molar-refractivity contribution is 7.14. The Kier molecular flexibility index (Phi) is 5.03. The van der Waals surface area contributed by atoms with E-state index in [9.17, 15) is 14.4 Å². The van der Waals surface area contributed by atoms with Gasteiger partial charge in [-0.1, -0.05) is 0 Å². The van der Waals surface area contributed by atoms with E-state index in [4.69, 9.17) is 9.84 Å². The van der Waals surface area contributed by atoms with E-state index >= 15 is 0 Å². The molecule has 0 aromatic carbocycles. The Hall–Kier alpha value is -2.16. The van der Waals surface area contributed by atoms with Crippen molar-refractivity contribution in [3.8, 4) is 0 Å². The number of nitrogens with zero attached hydrogens (tertiary/aromatic N) is 1. The van der Waals surface area contributed by atoms with Crippen molar-refractivity contribution >= 4 is 34.3 Å². The van der Waals surface area contributed by atoms with Crippen LogP contribution in [0.1, 0.15) is 31.3 Å². The Morgan fingerprint density at radius 3 is 2.65 bits per heavy atom. The van der Waals surface area contributed by atoms with E-state index in [0.717, 1.165) is 11.3 Å². The lowest BCUT2D eigenvalue weighted by atomic mass is 10.1. The molecular weight excluding hydrogens is 286 g/mol. The minimum Gasteiger partial charge on any atom is -0.480 e. The molecule has 3 N–H and O–H groups in total. The summed E-state index contributed by atoms with van der Waals surface area (Å²) in [5.41, 5.74) is -0.135. The Labute approximate surface area is 119 Å². The van der Waals surface area contributed by atoms with Gasteiger partial charge in [0.05, 0.1) is 12.1 Å². The molecule has 0 aliphatic rings. The lowest BCUT2D eigenvalue weighted by Crippen LogP contribution is -2.49. The zero-order chi connectivity index (χ0) is 15.3. The van der Waals surface area contributed by atoms with Crippen molar-refractivity contribution in [2.24, 2.45) is 0 Å². The van der Waals surface area contributed by atoms with Crippen LogP contribution in [0, 0.1) is 0 Å². The minimum atomic E-state index is -1.44. The Balaban J connectivity index is 2.82. The van der Waals surface area contributed by atoms with Gasteiger partial charge in [-0.05, 0) is 20.8 Å². The van der Waals surface area contributed by atoms with Gasteiger partial charge in [0, 0.05) is 0 Å². The molecule has 0 spiro atoms. The van der Waals surface area contributed by atoms with E-state index in [1.54, 1.807) is 6.92 Å². The summed E-state index contributed by atoms with van der Waals surface area (Å²) in [6, 6.07) is 0. The average Bonchev–Trinajstić information content (AvgIpc) is 2.76. The molecule has 1 heterocycles. The van der Waals surface area contributed by atoms with Gasteiger partial charge in [0.25, 0.3) is 5.91 Å². The van der Waals surface area contributed by atoms with Crippen LogP contribution in [-0.2, 0) is 9.53 Å². The topological polar surface area (TPSA) is 118 Å². The number of hydrogen-bond donors (Lipinski definition) is 3. The lowest BCUT2D eigenvalue weighted by molar-refractivity contribution is -0.143. The predicted octanol–water partition coefficient (Wildman–Crippen LogP) is 1.30. The highest BCUT2D eigenvalue weighted by Gasteiger charge is 2.31. The first-order valence-electron chi connectivity index (χ1n) is 5.71. The molecule has 2 amide bonds. The molecule has 0 unspecified atom stereocenters. The predicted molar refractivity (Wildman–Crippen MR) is 71.9 cm³/mol. The third-order valence-corrected chi connectivity index (χ3v) is 2.98. The molecule has 20 heavy (non-hydrogen) atoms. The maximum Gasteiger partial charge on any atom is 0.412 e. The quantitative estimate of drug-likeness (QED) is 0.754. The van der Waals surface area contributed by atoms with Crippen LogP contribution in [0.4, 0.5) is 9.80 Å². The fraction of sp³-hybridized carbons (Fsp3) is 0.455. The largest absolute Gasteiger partial charge is 0.480 e. The summed E-state index contributed by atoms with van der Waals surface area (Å²) in [5, 5.41) is 13.8. The van der Waals surface area contributed by atoms with Crippen LogP contribution in [-0.4, -0.2) is 40.2 Å². The number of aliphatic carboxylic acids is 1. The van der Waals surface area contributed by atoms with E-state index in [2.05, 4.69) is 15.6 Å². The second-order valence-corrected chi connectivity index (χ2v) is 5.11. The molecule has 8 nitrogen and oxygen atoms in total. The number of nitrogens with one attached hydrogen (secondary N) is 2. The molecule has 1 aromatic rings. The number of hydrogen-bond acceptors (Lipinski definition) is 6. The normalized spacial score (nSPS) is 10.8. The third kappa shape index (κ3) is 3.92. The molecule has 1 aromatic heterocycles. The smallest absolute Gasteiger partial charge is 0.412 e. The van der Waals surface area contributed by atoms with Crippen molar-refractivity contribution in [2.75, 3.05) is 11.9 Å². The Morgan fingerprint density at radius 2 is 2.10 bits per heavy atom. The SMILES string of the molecule is CCOC(=O)Nc1scnc1C(=O)NC(C)(C)C(=O)O. The average molecular weight is 301 g/mol. The van der Waals surface area contributed by atoms with Gasteiger partial charge in [-0.3, -0.25) is 10.1 Å². The van der Waals surface area contributed by atoms with Gasteiger partial charge in [0.1, 0.15) is 10.5 Å². The third-order valence-electron chi connectivity index (χ3n) is 2.23. The first-order valence-corrected chi connectivity index (χ1v) is 6.59. The fourth-order valence-corrected chi connectivity index (χ4v) is 1.82. The lowest BCUT2D eigenvalue weighted by Gasteiger charge is -2.20. The van der Waals surface area contributed by atoms with Gasteiger partial charge < -0.3 is 15.2 Å². The van der Waals surface area contributed by atoms with E-state index in [-0.39, 0.29) is 17.3 Å². The first-order chi connectivity index (χ1) is 9.27. The second-order valence-electron chi connectivity index (χ2n) is 4.26. The Morgan fingerprint density at radius 1 is 1.45 bits per heavy atom. The maximum absolute atomic E-state index is 12.0. The molecule has 0 aliphatic carbocycles. The molecule has 0 atom stereocenters. The van der Waals surface area contributed by atoms with Gasteiger partial charge in [-0.25, -0.2) is 14.6 Å². The number of rotatable bonds is 5. The summed E-state index contributed by atoms with van der Waals surface area (Å²) >= 11 is 1.04. The van der Waals surface area contributed by atoms with Crippen molar-refractivity contribution in [3.63, 3.8) is 0 Å². The summed E-state index contributed by atoms with van der Waals surface area (Å²) < 4.78 is 4.69. The van der Waals surface area contributed by atoms with Crippen LogP contribution in [0.3, 0.4) is 0 Å². The monoisotopic (exact) mass is 301 g/mol. The van der Waals surface area contributed by atoms with Crippen molar-refractivity contribution < 1.29 is 24.2 Å². The molecule has 9 heteroatoms. The van der Waals surface area contributed by atoms with E-state index in [0.29, 0.717) is 0 Å². The number of aromatic nitrogens is 1. The summed E-state index contributed by atoms with van der Waals surface area (Å²) in [6.45, 7) is 4.53. The molecule has 0 bridgehead atoms. The number of carbonyl (C=O) groups is 3.